The van der Waals surface area contributed by atoms with Crippen LogP contribution in [0.5, 0.6) is 0 Å². The Morgan fingerprint density at radius 3 is 2.28 bits per heavy atom. The first-order chi connectivity index (χ1) is 8.56. The van der Waals surface area contributed by atoms with E-state index in [0.717, 1.165) is 0 Å². The number of carbonyl (C=O) groups excluding carboxylic acids is 1. The van der Waals surface area contributed by atoms with Gasteiger partial charge in [0.2, 0.25) is 0 Å². The first kappa shape index (κ1) is 14.6. The second-order valence-corrected chi connectivity index (χ2v) is 4.31. The van der Waals surface area contributed by atoms with Crippen molar-refractivity contribution in [3.63, 3.8) is 0 Å². The molecule has 3 N–H and O–H groups in total. The average molecular weight is 255 g/mol. The zero-order valence-electron chi connectivity index (χ0n) is 10.3. The van der Waals surface area contributed by atoms with Crippen LogP contribution in [0.25, 0.3) is 0 Å². The van der Waals surface area contributed by atoms with Crippen molar-refractivity contribution >= 4 is 5.91 Å². The predicted molar refractivity (Wildman–Crippen MR) is 65.7 cm³/mol. The Morgan fingerprint density at radius 2 is 1.83 bits per heavy atom. The monoisotopic (exact) mass is 255 g/mol. The minimum atomic E-state index is -1.03. The molecule has 0 fully saturated rings. The van der Waals surface area contributed by atoms with Gasteiger partial charge in [-0.2, -0.15) is 0 Å². The smallest absolute Gasteiger partial charge is 0.251 e. The summed E-state index contributed by atoms with van der Waals surface area (Å²) in [7, 11) is 0. The fourth-order valence-corrected chi connectivity index (χ4v) is 1.74. The van der Waals surface area contributed by atoms with Crippen molar-refractivity contribution in [3.05, 3.63) is 35.6 Å². The average Bonchev–Trinajstić information content (AvgIpc) is 2.38. The SMILES string of the molecule is CCCC(CO)(CO)NC(=O)c1ccc(F)cc1. The van der Waals surface area contributed by atoms with Gasteiger partial charge in [0.15, 0.2) is 0 Å². The molecule has 100 valence electrons. The summed E-state index contributed by atoms with van der Waals surface area (Å²) in [6.07, 6.45) is 1.18. The molecular weight excluding hydrogens is 237 g/mol. The van der Waals surface area contributed by atoms with Crippen molar-refractivity contribution in [2.75, 3.05) is 13.2 Å². The van der Waals surface area contributed by atoms with Gasteiger partial charge in [-0.3, -0.25) is 4.79 Å². The number of aliphatic hydroxyl groups is 2. The molecule has 0 radical (unpaired) electrons. The summed E-state index contributed by atoms with van der Waals surface area (Å²) in [6, 6.07) is 5.09. The molecule has 1 aromatic carbocycles. The maximum Gasteiger partial charge on any atom is 0.251 e. The van der Waals surface area contributed by atoms with Crippen LogP contribution >= 0.6 is 0 Å². The lowest BCUT2D eigenvalue weighted by molar-refractivity contribution is 0.0632. The molecule has 0 heterocycles. The lowest BCUT2D eigenvalue weighted by Gasteiger charge is -2.30. The quantitative estimate of drug-likeness (QED) is 0.712. The zero-order chi connectivity index (χ0) is 13.6. The molecule has 0 saturated heterocycles. The van der Waals surface area contributed by atoms with Crippen LogP contribution in [0.15, 0.2) is 24.3 Å². The summed E-state index contributed by atoms with van der Waals surface area (Å²) in [4.78, 5) is 11.9. The van der Waals surface area contributed by atoms with Gasteiger partial charge in [0, 0.05) is 5.56 Å². The van der Waals surface area contributed by atoms with E-state index in [1.165, 1.54) is 24.3 Å². The maximum absolute atomic E-state index is 12.7. The number of halogens is 1. The van der Waals surface area contributed by atoms with Gasteiger partial charge in [-0.1, -0.05) is 13.3 Å². The largest absolute Gasteiger partial charge is 0.394 e. The van der Waals surface area contributed by atoms with E-state index in [-0.39, 0.29) is 13.2 Å². The Balaban J connectivity index is 2.81. The summed E-state index contributed by atoms with van der Waals surface area (Å²) in [5.41, 5.74) is -0.737. The van der Waals surface area contributed by atoms with Crippen LogP contribution in [0.4, 0.5) is 4.39 Å². The minimum absolute atomic E-state index is 0.291. The molecular formula is C13H18FNO3. The van der Waals surface area contributed by atoms with E-state index < -0.39 is 17.3 Å². The van der Waals surface area contributed by atoms with Crippen molar-refractivity contribution in [1.29, 1.82) is 0 Å². The van der Waals surface area contributed by atoms with Gasteiger partial charge in [-0.15, -0.1) is 0 Å². The van der Waals surface area contributed by atoms with Crippen molar-refractivity contribution in [1.82, 2.24) is 5.32 Å². The van der Waals surface area contributed by atoms with Crippen LogP contribution in [-0.2, 0) is 0 Å². The van der Waals surface area contributed by atoms with Crippen LogP contribution < -0.4 is 5.32 Å². The summed E-state index contributed by atoms with van der Waals surface area (Å²) >= 11 is 0. The molecule has 1 aromatic rings. The van der Waals surface area contributed by atoms with E-state index in [9.17, 15) is 19.4 Å². The minimum Gasteiger partial charge on any atom is -0.394 e. The van der Waals surface area contributed by atoms with Gasteiger partial charge in [0.25, 0.3) is 5.91 Å². The first-order valence-corrected chi connectivity index (χ1v) is 5.86. The molecule has 5 heteroatoms. The molecule has 0 aliphatic rings. The lowest BCUT2D eigenvalue weighted by Crippen LogP contribution is -2.54. The molecule has 0 spiro atoms. The van der Waals surface area contributed by atoms with Crippen LogP contribution in [0.3, 0.4) is 0 Å². The standard InChI is InChI=1S/C13H18FNO3/c1-2-7-13(8-16,9-17)15-12(18)10-3-5-11(14)6-4-10/h3-6,16-17H,2,7-9H2,1H3,(H,15,18). The number of hydrogen-bond acceptors (Lipinski definition) is 3. The van der Waals surface area contributed by atoms with Gasteiger partial charge in [0.05, 0.1) is 18.8 Å². The van der Waals surface area contributed by atoms with Crippen molar-refractivity contribution in [2.24, 2.45) is 0 Å². The van der Waals surface area contributed by atoms with E-state index in [1.807, 2.05) is 6.92 Å². The zero-order valence-corrected chi connectivity index (χ0v) is 10.3. The number of hydrogen-bond donors (Lipinski definition) is 3. The van der Waals surface area contributed by atoms with E-state index in [1.54, 1.807) is 0 Å². The Hall–Kier alpha value is -1.46. The van der Waals surface area contributed by atoms with Crippen molar-refractivity contribution in [2.45, 2.75) is 25.3 Å². The van der Waals surface area contributed by atoms with Gasteiger partial charge >= 0.3 is 0 Å². The van der Waals surface area contributed by atoms with Crippen LogP contribution in [0.2, 0.25) is 0 Å². The third-order valence-electron chi connectivity index (χ3n) is 2.82. The van der Waals surface area contributed by atoms with Gasteiger partial charge < -0.3 is 15.5 Å². The molecule has 0 bridgehead atoms. The Labute approximate surface area is 105 Å². The number of amides is 1. The molecule has 0 saturated carbocycles. The topological polar surface area (TPSA) is 69.6 Å². The number of rotatable bonds is 6. The molecule has 18 heavy (non-hydrogen) atoms. The fourth-order valence-electron chi connectivity index (χ4n) is 1.74. The summed E-state index contributed by atoms with van der Waals surface area (Å²) in [6.45, 7) is 1.21. The molecule has 0 aromatic heterocycles. The highest BCUT2D eigenvalue weighted by atomic mass is 19.1. The molecule has 0 atom stereocenters. The first-order valence-electron chi connectivity index (χ1n) is 5.86. The molecule has 0 aliphatic heterocycles. The highest BCUT2D eigenvalue weighted by Crippen LogP contribution is 2.13. The number of benzene rings is 1. The van der Waals surface area contributed by atoms with E-state index in [2.05, 4.69) is 5.32 Å². The number of aliphatic hydroxyl groups excluding tert-OH is 2. The Morgan fingerprint density at radius 1 is 1.28 bits per heavy atom. The summed E-state index contributed by atoms with van der Waals surface area (Å²) < 4.78 is 12.7. The van der Waals surface area contributed by atoms with Gasteiger partial charge in [0.1, 0.15) is 5.82 Å². The molecule has 0 unspecified atom stereocenters. The normalized spacial score (nSPS) is 11.3. The second kappa shape index (κ2) is 6.47. The summed E-state index contributed by atoms with van der Waals surface area (Å²) in [5, 5.41) is 21.2. The van der Waals surface area contributed by atoms with Crippen molar-refractivity contribution in [3.8, 4) is 0 Å². The van der Waals surface area contributed by atoms with Crippen LogP contribution in [0, 0.1) is 5.82 Å². The summed E-state index contributed by atoms with van der Waals surface area (Å²) in [5.74, 6) is -0.859. The lowest BCUT2D eigenvalue weighted by atomic mass is 9.95. The fraction of sp³-hybridized carbons (Fsp3) is 0.462. The predicted octanol–water partition coefficient (Wildman–Crippen LogP) is 1.08. The van der Waals surface area contributed by atoms with Gasteiger partial charge in [-0.05, 0) is 30.7 Å². The molecule has 0 aliphatic carbocycles. The third-order valence-corrected chi connectivity index (χ3v) is 2.82. The van der Waals surface area contributed by atoms with Crippen molar-refractivity contribution < 1.29 is 19.4 Å². The maximum atomic E-state index is 12.7. The molecule has 4 nitrogen and oxygen atoms in total. The number of nitrogens with one attached hydrogen (secondary N) is 1. The number of carbonyl (C=O) groups is 1. The van der Waals surface area contributed by atoms with E-state index in [4.69, 9.17) is 0 Å². The Kier molecular flexibility index (Phi) is 5.25. The third kappa shape index (κ3) is 3.51. The highest BCUT2D eigenvalue weighted by Gasteiger charge is 2.29. The van der Waals surface area contributed by atoms with E-state index >= 15 is 0 Å². The van der Waals surface area contributed by atoms with Crippen LogP contribution in [-0.4, -0.2) is 34.9 Å². The van der Waals surface area contributed by atoms with Gasteiger partial charge in [-0.25, -0.2) is 4.39 Å². The molecule has 1 amide bonds. The molecule has 1 rings (SSSR count). The Bertz CT molecular complexity index is 388. The highest BCUT2D eigenvalue weighted by molar-refractivity contribution is 5.94. The van der Waals surface area contributed by atoms with E-state index in [0.29, 0.717) is 18.4 Å². The van der Waals surface area contributed by atoms with Crippen LogP contribution in [0.1, 0.15) is 30.1 Å². The second-order valence-electron chi connectivity index (χ2n) is 4.31.